The summed E-state index contributed by atoms with van der Waals surface area (Å²) < 4.78 is 10.7. The van der Waals surface area contributed by atoms with Gasteiger partial charge >= 0.3 is 5.97 Å². The Morgan fingerprint density at radius 1 is 1.21 bits per heavy atom. The number of hydrogen-bond acceptors (Lipinski definition) is 3. The van der Waals surface area contributed by atoms with Gasteiger partial charge in [0.1, 0.15) is 5.75 Å². The van der Waals surface area contributed by atoms with Gasteiger partial charge < -0.3 is 9.47 Å². The molecule has 1 aromatic carbocycles. The monoisotopic (exact) mass is 330 g/mol. The van der Waals surface area contributed by atoms with E-state index < -0.39 is 0 Å². The van der Waals surface area contributed by atoms with Gasteiger partial charge in [0.25, 0.3) is 0 Å². The maximum Gasteiger partial charge on any atom is 0.302 e. The molecular formula is C21H30O3. The molecule has 0 N–H and O–H groups in total. The summed E-state index contributed by atoms with van der Waals surface area (Å²) in [4.78, 5) is 10.8. The molecule has 0 saturated heterocycles. The highest BCUT2D eigenvalue weighted by Gasteiger charge is 2.23. The Bertz CT molecular complexity index is 578. The molecule has 1 rings (SSSR count). The molecule has 1 aromatic rings. The van der Waals surface area contributed by atoms with Crippen LogP contribution in [0.1, 0.15) is 53.5 Å². The molecular weight excluding hydrogens is 300 g/mol. The molecule has 0 bridgehead atoms. The molecule has 3 nitrogen and oxygen atoms in total. The fourth-order valence-electron chi connectivity index (χ4n) is 2.54. The van der Waals surface area contributed by atoms with Gasteiger partial charge in [0.15, 0.2) is 0 Å². The number of hydrogen-bond donors (Lipinski definition) is 0. The van der Waals surface area contributed by atoms with Crippen molar-refractivity contribution in [3.8, 4) is 5.75 Å². The molecule has 132 valence electrons. The van der Waals surface area contributed by atoms with Crippen LogP contribution in [0.2, 0.25) is 0 Å². The lowest BCUT2D eigenvalue weighted by Crippen LogP contribution is -2.19. The maximum atomic E-state index is 10.8. The summed E-state index contributed by atoms with van der Waals surface area (Å²) in [5.74, 6) is 0.655. The molecule has 0 radical (unpaired) electrons. The lowest BCUT2D eigenvalue weighted by molar-refractivity contribution is -0.140. The van der Waals surface area contributed by atoms with Crippen molar-refractivity contribution < 1.29 is 14.3 Å². The smallest absolute Gasteiger partial charge is 0.302 e. The van der Waals surface area contributed by atoms with E-state index >= 15 is 0 Å². The van der Waals surface area contributed by atoms with Crippen LogP contribution in [0.3, 0.4) is 0 Å². The number of esters is 1. The number of carbonyl (C=O) groups excluding carboxylic acids is 1. The summed E-state index contributed by atoms with van der Waals surface area (Å²) in [6.07, 6.45) is 7.18. The first-order chi connectivity index (χ1) is 11.3. The summed E-state index contributed by atoms with van der Waals surface area (Å²) in [5.41, 5.74) is 2.35. The summed E-state index contributed by atoms with van der Waals surface area (Å²) in [6, 6.07) is 8.28. The minimum absolute atomic E-state index is 0.108. The van der Waals surface area contributed by atoms with E-state index in [1.165, 1.54) is 18.1 Å². The molecule has 0 aliphatic carbocycles. The van der Waals surface area contributed by atoms with Gasteiger partial charge in [0.05, 0.1) is 12.7 Å². The third-order valence-electron chi connectivity index (χ3n) is 3.87. The molecule has 24 heavy (non-hydrogen) atoms. The van der Waals surface area contributed by atoms with Crippen molar-refractivity contribution in [2.24, 2.45) is 0 Å². The SMILES string of the molecule is C/C=C(\C=C/CCOC(C)=O)C(C)(C)c1ccc(OC(C)C)cc1. The molecule has 0 atom stereocenters. The van der Waals surface area contributed by atoms with Gasteiger partial charge in [-0.1, -0.05) is 44.2 Å². The van der Waals surface area contributed by atoms with Crippen LogP contribution in [-0.4, -0.2) is 18.7 Å². The molecule has 3 heteroatoms. The molecule has 0 aliphatic rings. The lowest BCUT2D eigenvalue weighted by Gasteiger charge is -2.27. The van der Waals surface area contributed by atoms with E-state index in [1.807, 2.05) is 32.9 Å². The van der Waals surface area contributed by atoms with Gasteiger partial charge in [0.2, 0.25) is 0 Å². The molecule has 0 fully saturated rings. The van der Waals surface area contributed by atoms with Crippen molar-refractivity contribution in [1.82, 2.24) is 0 Å². The van der Waals surface area contributed by atoms with Crippen molar-refractivity contribution >= 4 is 5.97 Å². The Morgan fingerprint density at radius 3 is 2.33 bits per heavy atom. The number of carbonyl (C=O) groups is 1. The minimum Gasteiger partial charge on any atom is -0.491 e. The number of ether oxygens (including phenoxy) is 2. The molecule has 0 aromatic heterocycles. The van der Waals surface area contributed by atoms with Gasteiger partial charge in [-0.15, -0.1) is 0 Å². The zero-order valence-electron chi connectivity index (χ0n) is 15.8. The van der Waals surface area contributed by atoms with E-state index in [2.05, 4.69) is 44.2 Å². The van der Waals surface area contributed by atoms with E-state index in [-0.39, 0.29) is 17.5 Å². The van der Waals surface area contributed by atoms with Crippen LogP contribution in [0.15, 0.2) is 48.1 Å². The first-order valence-electron chi connectivity index (χ1n) is 8.51. The predicted molar refractivity (Wildman–Crippen MR) is 99.4 cm³/mol. The average Bonchev–Trinajstić information content (AvgIpc) is 2.50. The summed E-state index contributed by atoms with van der Waals surface area (Å²) in [6.45, 7) is 12.4. The maximum absolute atomic E-state index is 10.8. The van der Waals surface area contributed by atoms with Gasteiger partial charge in [-0.2, -0.15) is 0 Å². The Balaban J connectivity index is 2.79. The Kier molecular flexibility index (Phi) is 7.76. The van der Waals surface area contributed by atoms with Crippen LogP contribution in [0.4, 0.5) is 0 Å². The van der Waals surface area contributed by atoms with E-state index in [0.717, 1.165) is 5.75 Å². The highest BCUT2D eigenvalue weighted by molar-refractivity contribution is 5.65. The minimum atomic E-state index is -0.237. The highest BCUT2D eigenvalue weighted by atomic mass is 16.5. The third kappa shape index (κ3) is 6.23. The predicted octanol–water partition coefficient (Wildman–Crippen LogP) is 5.21. The fraction of sp³-hybridized carbons (Fsp3) is 0.476. The van der Waals surface area contributed by atoms with Gasteiger partial charge in [-0.05, 0) is 50.5 Å². The highest BCUT2D eigenvalue weighted by Crippen LogP contribution is 2.33. The van der Waals surface area contributed by atoms with Crippen LogP contribution in [-0.2, 0) is 14.9 Å². The van der Waals surface area contributed by atoms with E-state index in [4.69, 9.17) is 9.47 Å². The summed E-state index contributed by atoms with van der Waals surface area (Å²) in [7, 11) is 0. The topological polar surface area (TPSA) is 35.5 Å². The second-order valence-electron chi connectivity index (χ2n) is 6.59. The van der Waals surface area contributed by atoms with Crippen molar-refractivity contribution in [2.45, 2.75) is 59.5 Å². The zero-order valence-corrected chi connectivity index (χ0v) is 15.8. The largest absolute Gasteiger partial charge is 0.491 e. The number of allylic oxidation sites excluding steroid dienone is 3. The first-order valence-corrected chi connectivity index (χ1v) is 8.51. The van der Waals surface area contributed by atoms with Gasteiger partial charge in [-0.25, -0.2) is 0 Å². The number of rotatable bonds is 8. The summed E-state index contributed by atoms with van der Waals surface area (Å²) in [5, 5.41) is 0. The van der Waals surface area contributed by atoms with E-state index in [0.29, 0.717) is 13.0 Å². The second kappa shape index (κ2) is 9.31. The van der Waals surface area contributed by atoms with Crippen LogP contribution >= 0.6 is 0 Å². The third-order valence-corrected chi connectivity index (χ3v) is 3.87. The second-order valence-corrected chi connectivity index (χ2v) is 6.59. The van der Waals surface area contributed by atoms with Crippen molar-refractivity contribution in [2.75, 3.05) is 6.61 Å². The quantitative estimate of drug-likeness (QED) is 0.373. The van der Waals surface area contributed by atoms with Crippen LogP contribution in [0.25, 0.3) is 0 Å². The van der Waals surface area contributed by atoms with E-state index in [1.54, 1.807) is 0 Å². The zero-order chi connectivity index (χ0) is 18.2. The molecule has 0 amide bonds. The average molecular weight is 330 g/mol. The normalized spacial score (nSPS) is 12.7. The molecule has 0 spiro atoms. The Morgan fingerprint density at radius 2 is 1.83 bits per heavy atom. The van der Waals surface area contributed by atoms with Crippen LogP contribution < -0.4 is 4.74 Å². The molecule has 0 saturated carbocycles. The van der Waals surface area contributed by atoms with Crippen LogP contribution in [0, 0.1) is 0 Å². The molecule has 0 unspecified atom stereocenters. The molecule has 0 aliphatic heterocycles. The van der Waals surface area contributed by atoms with Gasteiger partial charge in [0, 0.05) is 12.3 Å². The number of benzene rings is 1. The standard InChI is InChI=1S/C21H30O3/c1-7-18(10-8-9-15-23-17(4)22)21(5,6)19-11-13-20(14-12-19)24-16(2)3/h7-8,10-14,16H,9,15H2,1-6H3/b10-8-,18-7+. The summed E-state index contributed by atoms with van der Waals surface area (Å²) >= 11 is 0. The first kappa shape index (κ1) is 20.0. The fourth-order valence-corrected chi connectivity index (χ4v) is 2.54. The van der Waals surface area contributed by atoms with Crippen LogP contribution in [0.5, 0.6) is 5.75 Å². The Labute approximate surface area is 146 Å². The van der Waals surface area contributed by atoms with Gasteiger partial charge in [-0.3, -0.25) is 4.79 Å². The van der Waals surface area contributed by atoms with Crippen molar-refractivity contribution in [3.05, 3.63) is 53.6 Å². The Hall–Kier alpha value is -2.03. The molecule has 0 heterocycles. The van der Waals surface area contributed by atoms with Crippen molar-refractivity contribution in [3.63, 3.8) is 0 Å². The lowest BCUT2D eigenvalue weighted by atomic mass is 9.77. The van der Waals surface area contributed by atoms with E-state index in [9.17, 15) is 4.79 Å². The van der Waals surface area contributed by atoms with Crippen molar-refractivity contribution in [1.29, 1.82) is 0 Å².